The fraction of sp³-hybridized carbons (Fsp3) is 0.667. The van der Waals surface area contributed by atoms with Gasteiger partial charge in [0.15, 0.2) is 5.65 Å². The lowest BCUT2D eigenvalue weighted by atomic mass is 10.1. The molecule has 0 unspecified atom stereocenters. The largest absolute Gasteiger partial charge is 0.352 e. The highest BCUT2D eigenvalue weighted by Crippen LogP contribution is 2.24. The second-order valence-corrected chi connectivity index (χ2v) is 6.92. The minimum absolute atomic E-state index is 0.266. The first-order valence-electron chi connectivity index (χ1n) is 9.49. The number of aromatic nitrogens is 4. The molecule has 8 nitrogen and oxygen atoms in total. The van der Waals surface area contributed by atoms with Crippen LogP contribution in [0.4, 0.5) is 5.82 Å². The molecule has 26 heavy (non-hydrogen) atoms. The molecule has 0 saturated carbocycles. The number of carbonyl (C=O) groups excluding carboxylic acids is 1. The van der Waals surface area contributed by atoms with Crippen LogP contribution in [0, 0.1) is 6.92 Å². The first kappa shape index (κ1) is 18.6. The second-order valence-electron chi connectivity index (χ2n) is 6.92. The Bertz CT molecular complexity index is 749. The third-order valence-corrected chi connectivity index (χ3v) is 4.96. The number of carbonyl (C=O) groups is 1. The highest BCUT2D eigenvalue weighted by Gasteiger charge is 2.24. The molecule has 2 N–H and O–H groups in total. The number of hydrogen-bond donors (Lipinski definition) is 1. The van der Waals surface area contributed by atoms with Crippen molar-refractivity contribution in [1.82, 2.24) is 24.6 Å². The van der Waals surface area contributed by atoms with Gasteiger partial charge in [0, 0.05) is 39.6 Å². The van der Waals surface area contributed by atoms with Crippen molar-refractivity contribution >= 4 is 22.8 Å². The van der Waals surface area contributed by atoms with Gasteiger partial charge in [-0.05, 0) is 26.3 Å². The third-order valence-electron chi connectivity index (χ3n) is 4.96. The Morgan fingerprint density at radius 2 is 1.85 bits per heavy atom. The minimum Gasteiger partial charge on any atom is -0.352 e. The van der Waals surface area contributed by atoms with Gasteiger partial charge < -0.3 is 15.5 Å². The van der Waals surface area contributed by atoms with Crippen LogP contribution in [0.2, 0.25) is 0 Å². The molecule has 0 bridgehead atoms. The molecule has 0 spiro atoms. The molecule has 8 heteroatoms. The average Bonchev–Trinajstić information content (AvgIpc) is 3.02. The van der Waals surface area contributed by atoms with E-state index >= 15 is 0 Å². The van der Waals surface area contributed by atoms with Crippen molar-refractivity contribution in [2.24, 2.45) is 12.8 Å². The number of anilines is 1. The normalized spacial score (nSPS) is 15.0. The van der Waals surface area contributed by atoms with E-state index in [0.29, 0.717) is 6.42 Å². The molecule has 1 aliphatic rings. The molecule has 2 aromatic rings. The van der Waals surface area contributed by atoms with Crippen LogP contribution in [-0.4, -0.2) is 63.3 Å². The van der Waals surface area contributed by atoms with Gasteiger partial charge >= 0.3 is 0 Å². The summed E-state index contributed by atoms with van der Waals surface area (Å²) in [6.07, 6.45) is 6.68. The predicted molar refractivity (Wildman–Crippen MR) is 102 cm³/mol. The summed E-state index contributed by atoms with van der Waals surface area (Å²) >= 11 is 0. The summed E-state index contributed by atoms with van der Waals surface area (Å²) in [4.78, 5) is 25.7. The molecule has 3 heterocycles. The monoisotopic (exact) mass is 359 g/mol. The molecule has 0 aromatic carbocycles. The first-order chi connectivity index (χ1) is 12.6. The smallest absolute Gasteiger partial charge is 0.222 e. The van der Waals surface area contributed by atoms with Gasteiger partial charge in [0.2, 0.25) is 5.91 Å². The summed E-state index contributed by atoms with van der Waals surface area (Å²) in [5.41, 5.74) is 6.35. The Balaban J connectivity index is 1.56. The van der Waals surface area contributed by atoms with Gasteiger partial charge in [-0.1, -0.05) is 12.8 Å². The van der Waals surface area contributed by atoms with E-state index in [4.69, 9.17) is 5.73 Å². The maximum atomic E-state index is 12.4. The van der Waals surface area contributed by atoms with Crippen LogP contribution < -0.4 is 10.6 Å². The van der Waals surface area contributed by atoms with E-state index in [1.54, 1.807) is 4.68 Å². The van der Waals surface area contributed by atoms with Crippen molar-refractivity contribution in [1.29, 1.82) is 0 Å². The number of rotatable bonds is 7. The third kappa shape index (κ3) is 4.12. The van der Waals surface area contributed by atoms with Gasteiger partial charge in [-0.25, -0.2) is 9.97 Å². The molecular weight excluding hydrogens is 330 g/mol. The highest BCUT2D eigenvalue weighted by molar-refractivity contribution is 5.87. The molecule has 1 saturated heterocycles. The van der Waals surface area contributed by atoms with Crippen LogP contribution in [0.15, 0.2) is 6.20 Å². The van der Waals surface area contributed by atoms with Crippen molar-refractivity contribution in [2.45, 2.75) is 39.0 Å². The van der Waals surface area contributed by atoms with Gasteiger partial charge in [0.05, 0.1) is 11.6 Å². The van der Waals surface area contributed by atoms with E-state index in [0.717, 1.165) is 81.1 Å². The van der Waals surface area contributed by atoms with Gasteiger partial charge in [0.25, 0.3) is 0 Å². The van der Waals surface area contributed by atoms with E-state index in [1.807, 2.05) is 25.1 Å². The number of unbranched alkanes of at least 4 members (excludes halogenated alkanes) is 3. The molecule has 2 aromatic heterocycles. The molecule has 3 rings (SSSR count). The van der Waals surface area contributed by atoms with Crippen LogP contribution in [0.1, 0.15) is 37.9 Å². The van der Waals surface area contributed by atoms with Crippen LogP contribution in [0.5, 0.6) is 0 Å². The minimum atomic E-state index is 0.266. The van der Waals surface area contributed by atoms with Gasteiger partial charge in [-0.15, -0.1) is 0 Å². The van der Waals surface area contributed by atoms with Gasteiger partial charge in [-0.3, -0.25) is 9.48 Å². The van der Waals surface area contributed by atoms with E-state index in [-0.39, 0.29) is 5.91 Å². The van der Waals surface area contributed by atoms with Crippen molar-refractivity contribution in [3.63, 3.8) is 0 Å². The molecule has 0 radical (unpaired) electrons. The Kier molecular flexibility index (Phi) is 6.03. The SMILES string of the molecule is Cc1nc(N2CCN(C(=O)CCCCCCN)CC2)c2cnn(C)c2n1. The lowest BCUT2D eigenvalue weighted by molar-refractivity contribution is -0.131. The summed E-state index contributed by atoms with van der Waals surface area (Å²) in [6, 6.07) is 0. The topological polar surface area (TPSA) is 93.2 Å². The summed E-state index contributed by atoms with van der Waals surface area (Å²) in [6.45, 7) is 5.71. The number of amides is 1. The van der Waals surface area contributed by atoms with E-state index in [1.165, 1.54) is 0 Å². The molecule has 0 atom stereocenters. The zero-order chi connectivity index (χ0) is 18.5. The Hall–Kier alpha value is -2.22. The Morgan fingerprint density at radius 3 is 2.58 bits per heavy atom. The molecule has 1 aliphatic heterocycles. The summed E-state index contributed by atoms with van der Waals surface area (Å²) in [5, 5.41) is 5.28. The molecular formula is C18H29N7O. The number of piperazine rings is 1. The number of hydrogen-bond acceptors (Lipinski definition) is 6. The molecule has 1 fully saturated rings. The number of fused-ring (bicyclic) bond motifs is 1. The second kappa shape index (κ2) is 8.44. The summed E-state index contributed by atoms with van der Waals surface area (Å²) in [7, 11) is 1.89. The van der Waals surface area contributed by atoms with Crippen LogP contribution in [-0.2, 0) is 11.8 Å². The van der Waals surface area contributed by atoms with Crippen molar-refractivity contribution in [2.75, 3.05) is 37.6 Å². The quantitative estimate of drug-likeness (QED) is 0.748. The standard InChI is InChI=1S/C18H29N7O/c1-14-21-17-15(13-20-23(17)2)18(22-14)25-11-9-24(10-12-25)16(26)7-5-3-4-6-8-19/h13H,3-12,19H2,1-2H3. The summed E-state index contributed by atoms with van der Waals surface area (Å²) in [5.74, 6) is 1.93. The zero-order valence-corrected chi connectivity index (χ0v) is 15.8. The first-order valence-corrected chi connectivity index (χ1v) is 9.49. The fourth-order valence-corrected chi connectivity index (χ4v) is 3.45. The maximum Gasteiger partial charge on any atom is 0.222 e. The molecule has 1 amide bonds. The Labute approximate surface area is 154 Å². The van der Waals surface area contributed by atoms with Crippen LogP contribution in [0.25, 0.3) is 11.0 Å². The number of nitrogens with zero attached hydrogens (tertiary/aromatic N) is 6. The van der Waals surface area contributed by atoms with E-state index in [2.05, 4.69) is 20.0 Å². The van der Waals surface area contributed by atoms with Crippen molar-refractivity contribution in [3.05, 3.63) is 12.0 Å². The number of aryl methyl sites for hydroxylation is 2. The Morgan fingerprint density at radius 1 is 1.12 bits per heavy atom. The average molecular weight is 359 g/mol. The zero-order valence-electron chi connectivity index (χ0n) is 15.8. The van der Waals surface area contributed by atoms with E-state index in [9.17, 15) is 4.79 Å². The lowest BCUT2D eigenvalue weighted by Gasteiger charge is -2.35. The van der Waals surface area contributed by atoms with Crippen molar-refractivity contribution in [3.8, 4) is 0 Å². The molecule has 142 valence electrons. The molecule has 0 aliphatic carbocycles. The number of nitrogens with two attached hydrogens (primary N) is 1. The van der Waals surface area contributed by atoms with Crippen LogP contribution in [0.3, 0.4) is 0 Å². The fourth-order valence-electron chi connectivity index (χ4n) is 3.45. The highest BCUT2D eigenvalue weighted by atomic mass is 16.2. The van der Waals surface area contributed by atoms with Gasteiger partial charge in [-0.2, -0.15) is 5.10 Å². The lowest BCUT2D eigenvalue weighted by Crippen LogP contribution is -2.49. The van der Waals surface area contributed by atoms with Crippen LogP contribution >= 0.6 is 0 Å². The van der Waals surface area contributed by atoms with E-state index < -0.39 is 0 Å². The van der Waals surface area contributed by atoms with Gasteiger partial charge in [0.1, 0.15) is 11.6 Å². The summed E-state index contributed by atoms with van der Waals surface area (Å²) < 4.78 is 1.78. The predicted octanol–water partition coefficient (Wildman–Crippen LogP) is 1.23. The van der Waals surface area contributed by atoms with Crippen molar-refractivity contribution < 1.29 is 4.79 Å². The maximum absolute atomic E-state index is 12.4.